The summed E-state index contributed by atoms with van der Waals surface area (Å²) in [6, 6.07) is 18.9. The highest BCUT2D eigenvalue weighted by atomic mass is 32.2. The molecule has 2 saturated heterocycles. The van der Waals surface area contributed by atoms with Crippen molar-refractivity contribution in [1.29, 1.82) is 0 Å². The molecule has 2 aliphatic heterocycles. The van der Waals surface area contributed by atoms with E-state index in [1.807, 2.05) is 48.5 Å². The Morgan fingerprint density at radius 1 is 1.10 bits per heavy atom. The van der Waals surface area contributed by atoms with E-state index in [0.717, 1.165) is 16.7 Å². The van der Waals surface area contributed by atoms with Gasteiger partial charge in [-0.3, -0.25) is 9.21 Å². The zero-order valence-electron chi connectivity index (χ0n) is 16.1. The normalized spacial score (nSPS) is 27.1. The van der Waals surface area contributed by atoms with E-state index in [0.29, 0.717) is 31.7 Å². The lowest BCUT2D eigenvalue weighted by Gasteiger charge is -2.42. The summed E-state index contributed by atoms with van der Waals surface area (Å²) in [5, 5.41) is 11.6. The van der Waals surface area contributed by atoms with E-state index >= 15 is 0 Å². The number of benzene rings is 2. The first-order chi connectivity index (χ1) is 14.0. The van der Waals surface area contributed by atoms with Crippen LogP contribution in [0, 0.1) is 0 Å². The van der Waals surface area contributed by atoms with Gasteiger partial charge in [-0.25, -0.2) is 8.42 Å². The molecule has 1 N–H and O–H groups in total. The third-order valence-corrected chi connectivity index (χ3v) is 8.65. The zero-order chi connectivity index (χ0) is 20.1. The van der Waals surface area contributed by atoms with Crippen molar-refractivity contribution in [2.24, 2.45) is 0 Å². The third-order valence-electron chi connectivity index (χ3n) is 6.12. The van der Waals surface area contributed by atoms with Crippen LogP contribution in [0.5, 0.6) is 0 Å². The van der Waals surface area contributed by atoms with Gasteiger partial charge in [0, 0.05) is 18.5 Å². The van der Waals surface area contributed by atoms with Crippen molar-refractivity contribution >= 4 is 26.7 Å². The van der Waals surface area contributed by atoms with Crippen molar-refractivity contribution in [2.75, 3.05) is 23.9 Å². The zero-order valence-corrected chi connectivity index (χ0v) is 16.9. The average Bonchev–Trinajstić information content (AvgIpc) is 3.30. The van der Waals surface area contributed by atoms with Gasteiger partial charge in [-0.2, -0.15) is 0 Å². The number of anilines is 1. The van der Waals surface area contributed by atoms with E-state index < -0.39 is 20.9 Å². The summed E-state index contributed by atoms with van der Waals surface area (Å²) in [5.74, 6) is 0.830. The Morgan fingerprint density at radius 2 is 1.86 bits per heavy atom. The Balaban J connectivity index is 1.41. The maximum absolute atomic E-state index is 13.6. The molecule has 0 aliphatic carbocycles. The number of aliphatic hydroxyl groups excluding tert-OH is 1. The van der Waals surface area contributed by atoms with Crippen LogP contribution in [-0.2, 0) is 16.6 Å². The second-order valence-corrected chi connectivity index (χ2v) is 10.4. The van der Waals surface area contributed by atoms with Crippen LogP contribution in [0.25, 0.3) is 11.0 Å². The number of sulfonamides is 1. The average molecular weight is 413 g/mol. The van der Waals surface area contributed by atoms with Crippen molar-refractivity contribution < 1.29 is 17.9 Å². The summed E-state index contributed by atoms with van der Waals surface area (Å²) < 4.78 is 33.5. The Bertz CT molecular complexity index is 1090. The Morgan fingerprint density at radius 3 is 2.66 bits per heavy atom. The number of nitrogens with zero attached hydrogens (tertiary/aromatic N) is 2. The van der Waals surface area contributed by atoms with Gasteiger partial charge >= 0.3 is 0 Å². The molecule has 152 valence electrons. The molecule has 0 amide bonds. The fourth-order valence-electron chi connectivity index (χ4n) is 4.74. The number of rotatable bonds is 3. The number of para-hydroxylation sites is 2. The van der Waals surface area contributed by atoms with E-state index in [1.165, 1.54) is 4.31 Å². The smallest absolute Gasteiger partial charge is 0.242 e. The number of aliphatic hydroxyl groups is 1. The summed E-state index contributed by atoms with van der Waals surface area (Å²) in [6.45, 7) is 1.73. The van der Waals surface area contributed by atoms with Crippen LogP contribution < -0.4 is 4.31 Å². The summed E-state index contributed by atoms with van der Waals surface area (Å²) in [4.78, 5) is 2.12. The molecule has 3 aromatic rings. The van der Waals surface area contributed by atoms with E-state index in [-0.39, 0.29) is 13.0 Å². The van der Waals surface area contributed by atoms with Crippen LogP contribution >= 0.6 is 0 Å². The van der Waals surface area contributed by atoms with Crippen molar-refractivity contribution in [3.8, 4) is 0 Å². The number of β-amino-alcohol motifs (C(OH)–C–C–N with tert-alkyl or cyclic N) is 1. The van der Waals surface area contributed by atoms with Gasteiger partial charge in [0.1, 0.15) is 16.1 Å². The first-order valence-corrected chi connectivity index (χ1v) is 11.4. The van der Waals surface area contributed by atoms with E-state index in [9.17, 15) is 13.5 Å². The molecule has 5 rings (SSSR count). The molecule has 29 heavy (non-hydrogen) atoms. The molecule has 0 radical (unpaired) electrons. The minimum absolute atomic E-state index is 0.109. The van der Waals surface area contributed by atoms with Gasteiger partial charge in [-0.05, 0) is 37.1 Å². The molecular formula is C22H24N2O4S. The lowest BCUT2D eigenvalue weighted by atomic mass is 9.99. The fraction of sp³-hybridized carbons (Fsp3) is 0.364. The molecule has 0 unspecified atom stereocenters. The lowest BCUT2D eigenvalue weighted by Crippen LogP contribution is -2.58. The number of likely N-dealkylation sites (tertiary alicyclic amines) is 1. The fourth-order valence-corrected chi connectivity index (χ4v) is 7.07. The number of fused-ring (bicyclic) bond motifs is 1. The molecule has 0 saturated carbocycles. The van der Waals surface area contributed by atoms with Gasteiger partial charge in [-0.1, -0.05) is 36.4 Å². The largest absolute Gasteiger partial charge is 0.460 e. The summed E-state index contributed by atoms with van der Waals surface area (Å²) >= 11 is 0. The first-order valence-electron chi connectivity index (χ1n) is 9.92. The molecule has 7 heteroatoms. The van der Waals surface area contributed by atoms with Crippen molar-refractivity contribution in [1.82, 2.24) is 4.90 Å². The highest BCUT2D eigenvalue weighted by molar-refractivity contribution is 7.94. The van der Waals surface area contributed by atoms with Crippen molar-refractivity contribution in [3.63, 3.8) is 0 Å². The third kappa shape index (κ3) is 3.13. The molecular weight excluding hydrogens is 388 g/mol. The van der Waals surface area contributed by atoms with Gasteiger partial charge in [0.15, 0.2) is 0 Å². The van der Waals surface area contributed by atoms with Gasteiger partial charge < -0.3 is 9.52 Å². The second-order valence-electron chi connectivity index (χ2n) is 8.12. The quantitative estimate of drug-likeness (QED) is 0.716. The van der Waals surface area contributed by atoms with E-state index in [1.54, 1.807) is 12.1 Å². The molecule has 2 aliphatic rings. The number of hydrogen-bond acceptors (Lipinski definition) is 5. The molecule has 3 heterocycles. The molecule has 6 nitrogen and oxygen atoms in total. The van der Waals surface area contributed by atoms with E-state index in [2.05, 4.69) is 4.90 Å². The van der Waals surface area contributed by atoms with Crippen LogP contribution in [0.1, 0.15) is 18.6 Å². The summed E-state index contributed by atoms with van der Waals surface area (Å²) in [5.41, 5.74) is 1.45. The SMILES string of the molecule is O=S1(=O)N(c2ccccc2)C[C@H](O)C[C@]12CCN(Cc1cc3ccccc3o1)C2. The predicted molar refractivity (Wildman–Crippen MR) is 112 cm³/mol. The molecule has 1 aromatic heterocycles. The van der Waals surface area contributed by atoms with Crippen LogP contribution in [0.3, 0.4) is 0 Å². The van der Waals surface area contributed by atoms with Gasteiger partial charge in [-0.15, -0.1) is 0 Å². The van der Waals surface area contributed by atoms with Crippen LogP contribution in [0.4, 0.5) is 5.69 Å². The monoisotopic (exact) mass is 412 g/mol. The minimum Gasteiger partial charge on any atom is -0.460 e. The maximum atomic E-state index is 13.6. The topological polar surface area (TPSA) is 74.0 Å². The molecule has 1 spiro atoms. The highest BCUT2D eigenvalue weighted by Gasteiger charge is 2.55. The van der Waals surface area contributed by atoms with Gasteiger partial charge in [0.2, 0.25) is 10.0 Å². The summed E-state index contributed by atoms with van der Waals surface area (Å²) in [7, 11) is -3.60. The first kappa shape index (κ1) is 18.7. The molecule has 2 atom stereocenters. The van der Waals surface area contributed by atoms with Gasteiger partial charge in [0.25, 0.3) is 0 Å². The minimum atomic E-state index is -3.60. The standard InChI is InChI=1S/C22H24N2O4S/c25-19-13-22(29(26,27)24(14-19)18-7-2-1-3-8-18)10-11-23(16-22)15-20-12-17-6-4-5-9-21(17)28-20/h1-9,12,19,25H,10-11,13-16H2/t19-,22+/m1/s1. The van der Waals surface area contributed by atoms with Crippen LogP contribution in [0.2, 0.25) is 0 Å². The van der Waals surface area contributed by atoms with E-state index in [4.69, 9.17) is 4.42 Å². The Hall–Kier alpha value is -2.35. The number of hydrogen-bond donors (Lipinski definition) is 1. The predicted octanol–water partition coefficient (Wildman–Crippen LogP) is 2.98. The maximum Gasteiger partial charge on any atom is 0.242 e. The van der Waals surface area contributed by atoms with Crippen LogP contribution in [0.15, 0.2) is 65.1 Å². The van der Waals surface area contributed by atoms with Crippen molar-refractivity contribution in [2.45, 2.75) is 30.2 Å². The highest BCUT2D eigenvalue weighted by Crippen LogP contribution is 2.42. The molecule has 2 aromatic carbocycles. The van der Waals surface area contributed by atoms with Gasteiger partial charge in [0.05, 0.1) is 24.9 Å². The second kappa shape index (κ2) is 6.86. The van der Waals surface area contributed by atoms with Crippen molar-refractivity contribution in [3.05, 3.63) is 66.4 Å². The number of furan rings is 1. The Labute approximate surface area is 170 Å². The lowest BCUT2D eigenvalue weighted by molar-refractivity contribution is 0.147. The molecule has 0 bridgehead atoms. The van der Waals surface area contributed by atoms with Crippen LogP contribution in [-0.4, -0.2) is 48.9 Å². The summed E-state index contributed by atoms with van der Waals surface area (Å²) in [6.07, 6.45) is 0.107. The molecule has 2 fully saturated rings. The Kier molecular flexibility index (Phi) is 4.42.